The second-order valence-corrected chi connectivity index (χ2v) is 6.20. The van der Waals surface area contributed by atoms with E-state index >= 15 is 0 Å². The predicted molar refractivity (Wildman–Crippen MR) is 79.3 cm³/mol. The van der Waals surface area contributed by atoms with Crippen molar-refractivity contribution in [1.29, 1.82) is 0 Å². The zero-order chi connectivity index (χ0) is 14.3. The Labute approximate surface area is 120 Å². The highest BCUT2D eigenvalue weighted by atomic mass is 32.2. The highest BCUT2D eigenvalue weighted by molar-refractivity contribution is 8.18. The van der Waals surface area contributed by atoms with Crippen LogP contribution < -0.4 is 10.1 Å². The molecule has 5 heteroatoms. The van der Waals surface area contributed by atoms with Gasteiger partial charge >= 0.3 is 0 Å². The van der Waals surface area contributed by atoms with Crippen LogP contribution in [0.1, 0.15) is 25.0 Å². The van der Waals surface area contributed by atoms with Gasteiger partial charge in [-0.15, -0.1) is 0 Å². The molecule has 0 atom stereocenters. The van der Waals surface area contributed by atoms with Crippen molar-refractivity contribution in [3.63, 3.8) is 0 Å². The Morgan fingerprint density at radius 2 is 2.10 bits per heavy atom. The molecule has 2 amide bonds. The van der Waals surface area contributed by atoms with E-state index in [-0.39, 0.29) is 16.7 Å². The van der Waals surface area contributed by atoms with Crippen molar-refractivity contribution >= 4 is 35.1 Å². The van der Waals surface area contributed by atoms with Crippen molar-refractivity contribution in [2.75, 3.05) is 0 Å². The number of amides is 2. The SMILES string of the molecule is CC1(C)C=Cc2cc(/C=C3\SC(=O)NC3=O)ccc2O1. The number of fused-ring (bicyclic) bond motifs is 1. The van der Waals surface area contributed by atoms with Crippen LogP contribution in [0.25, 0.3) is 12.2 Å². The topological polar surface area (TPSA) is 55.4 Å². The zero-order valence-corrected chi connectivity index (χ0v) is 11.9. The van der Waals surface area contributed by atoms with E-state index in [9.17, 15) is 9.59 Å². The van der Waals surface area contributed by atoms with Crippen LogP contribution in [-0.2, 0) is 4.79 Å². The van der Waals surface area contributed by atoms with Crippen LogP contribution in [0.2, 0.25) is 0 Å². The van der Waals surface area contributed by atoms with Gasteiger partial charge in [0.15, 0.2) is 0 Å². The minimum absolute atomic E-state index is 0.305. The number of rotatable bonds is 1. The minimum atomic E-state index is -0.342. The van der Waals surface area contributed by atoms with E-state index in [1.807, 2.05) is 44.2 Å². The number of benzene rings is 1. The average molecular weight is 287 g/mol. The van der Waals surface area contributed by atoms with E-state index < -0.39 is 0 Å². The number of hydrogen-bond donors (Lipinski definition) is 1. The Morgan fingerprint density at radius 3 is 2.80 bits per heavy atom. The number of carbonyl (C=O) groups is 2. The summed E-state index contributed by atoms with van der Waals surface area (Å²) in [7, 11) is 0. The molecule has 4 nitrogen and oxygen atoms in total. The van der Waals surface area contributed by atoms with Crippen molar-refractivity contribution < 1.29 is 14.3 Å². The lowest BCUT2D eigenvalue weighted by atomic mass is 10.0. The number of ether oxygens (including phenoxy) is 1. The van der Waals surface area contributed by atoms with E-state index in [2.05, 4.69) is 5.32 Å². The van der Waals surface area contributed by atoms with Crippen LogP contribution in [0.15, 0.2) is 29.2 Å². The molecule has 102 valence electrons. The van der Waals surface area contributed by atoms with Crippen LogP contribution in [0.5, 0.6) is 5.75 Å². The summed E-state index contributed by atoms with van der Waals surface area (Å²) < 4.78 is 5.84. The molecule has 1 N–H and O–H groups in total. The molecular formula is C15H13NO3S. The smallest absolute Gasteiger partial charge is 0.290 e. The van der Waals surface area contributed by atoms with Gasteiger partial charge in [0.25, 0.3) is 11.1 Å². The van der Waals surface area contributed by atoms with Crippen molar-refractivity contribution in [1.82, 2.24) is 5.32 Å². The van der Waals surface area contributed by atoms with E-state index in [1.165, 1.54) is 0 Å². The van der Waals surface area contributed by atoms with Gasteiger partial charge in [0, 0.05) is 5.56 Å². The Morgan fingerprint density at radius 1 is 1.30 bits per heavy atom. The molecule has 1 aromatic carbocycles. The summed E-state index contributed by atoms with van der Waals surface area (Å²) in [5.41, 5.74) is 1.53. The first-order valence-corrected chi connectivity index (χ1v) is 7.02. The normalized spacial score (nSPS) is 21.6. The van der Waals surface area contributed by atoms with Crippen LogP contribution in [0, 0.1) is 0 Å². The molecular weight excluding hydrogens is 274 g/mol. The number of thioether (sulfide) groups is 1. The second kappa shape index (κ2) is 4.52. The lowest BCUT2D eigenvalue weighted by Crippen LogP contribution is -2.27. The lowest BCUT2D eigenvalue weighted by Gasteiger charge is -2.27. The summed E-state index contributed by atoms with van der Waals surface area (Å²) in [4.78, 5) is 23.0. The van der Waals surface area contributed by atoms with Crippen LogP contribution in [-0.4, -0.2) is 16.7 Å². The lowest BCUT2D eigenvalue weighted by molar-refractivity contribution is -0.115. The first-order chi connectivity index (χ1) is 9.43. The van der Waals surface area contributed by atoms with Crippen LogP contribution >= 0.6 is 11.8 Å². The van der Waals surface area contributed by atoms with Crippen LogP contribution in [0.3, 0.4) is 0 Å². The molecule has 2 aliphatic rings. The number of imide groups is 1. The number of carbonyl (C=O) groups excluding carboxylic acids is 2. The third kappa shape index (κ3) is 2.49. The molecule has 20 heavy (non-hydrogen) atoms. The third-order valence-electron chi connectivity index (χ3n) is 3.01. The molecule has 1 saturated heterocycles. The fourth-order valence-electron chi connectivity index (χ4n) is 2.06. The van der Waals surface area contributed by atoms with Crippen LogP contribution in [0.4, 0.5) is 4.79 Å². The first kappa shape index (κ1) is 13.0. The predicted octanol–water partition coefficient (Wildman–Crippen LogP) is 3.19. The number of hydrogen-bond acceptors (Lipinski definition) is 4. The summed E-state index contributed by atoms with van der Waals surface area (Å²) in [6.45, 7) is 3.99. The maximum atomic E-state index is 11.5. The van der Waals surface area contributed by atoms with Crippen molar-refractivity contribution in [3.8, 4) is 5.75 Å². The van der Waals surface area contributed by atoms with Gasteiger partial charge in [-0.05, 0) is 55.5 Å². The van der Waals surface area contributed by atoms with E-state index in [0.29, 0.717) is 4.91 Å². The molecule has 0 unspecified atom stereocenters. The van der Waals surface area contributed by atoms with Gasteiger partial charge in [0.2, 0.25) is 0 Å². The second-order valence-electron chi connectivity index (χ2n) is 5.19. The molecule has 2 aliphatic heterocycles. The fourth-order valence-corrected chi connectivity index (χ4v) is 2.74. The van der Waals surface area contributed by atoms with Crippen molar-refractivity contribution in [3.05, 3.63) is 40.3 Å². The third-order valence-corrected chi connectivity index (χ3v) is 3.82. The van der Waals surface area contributed by atoms with Gasteiger partial charge < -0.3 is 4.74 Å². The van der Waals surface area contributed by atoms with E-state index in [4.69, 9.17) is 4.74 Å². The largest absolute Gasteiger partial charge is 0.483 e. The molecule has 0 aromatic heterocycles. The van der Waals surface area contributed by atoms with Crippen molar-refractivity contribution in [2.45, 2.75) is 19.4 Å². The Hall–Kier alpha value is -2.01. The highest BCUT2D eigenvalue weighted by Gasteiger charge is 2.25. The molecule has 3 rings (SSSR count). The maximum Gasteiger partial charge on any atom is 0.290 e. The summed E-state index contributed by atoms with van der Waals surface area (Å²) in [5, 5.41) is 1.91. The van der Waals surface area contributed by atoms with Gasteiger partial charge in [-0.3, -0.25) is 14.9 Å². The van der Waals surface area contributed by atoms with E-state index in [0.717, 1.165) is 28.6 Å². The highest BCUT2D eigenvalue weighted by Crippen LogP contribution is 2.33. The van der Waals surface area contributed by atoms with Gasteiger partial charge in [-0.2, -0.15) is 0 Å². The molecule has 1 aromatic rings. The minimum Gasteiger partial charge on any atom is -0.483 e. The van der Waals surface area contributed by atoms with Gasteiger partial charge in [0.05, 0.1) is 4.91 Å². The van der Waals surface area contributed by atoms with Gasteiger partial charge in [-0.25, -0.2) is 0 Å². The zero-order valence-electron chi connectivity index (χ0n) is 11.1. The molecule has 2 heterocycles. The number of nitrogens with one attached hydrogen (secondary N) is 1. The Kier molecular flexibility index (Phi) is 2.94. The Balaban J connectivity index is 1.93. The van der Waals surface area contributed by atoms with Gasteiger partial charge in [0.1, 0.15) is 11.4 Å². The fraction of sp³-hybridized carbons (Fsp3) is 0.200. The quantitative estimate of drug-likeness (QED) is 0.806. The summed E-state index contributed by atoms with van der Waals surface area (Å²) in [6, 6.07) is 5.69. The first-order valence-electron chi connectivity index (χ1n) is 6.20. The average Bonchev–Trinajstić information content (AvgIpc) is 2.67. The molecule has 1 fully saturated rings. The van der Waals surface area contributed by atoms with Crippen molar-refractivity contribution in [2.24, 2.45) is 0 Å². The maximum absolute atomic E-state index is 11.5. The standard InChI is InChI=1S/C15H13NO3S/c1-15(2)6-5-10-7-9(3-4-11(10)19-15)8-12-13(17)16-14(18)20-12/h3-8H,1-2H3,(H,16,17,18)/b12-8-. The molecule has 0 saturated carbocycles. The molecule has 0 radical (unpaired) electrons. The summed E-state index contributed by atoms with van der Waals surface area (Å²) >= 11 is 0.918. The molecule has 0 spiro atoms. The Bertz CT molecular complexity index is 674. The van der Waals surface area contributed by atoms with E-state index in [1.54, 1.807) is 6.08 Å². The van der Waals surface area contributed by atoms with Gasteiger partial charge in [-0.1, -0.05) is 12.1 Å². The summed E-state index contributed by atoms with van der Waals surface area (Å²) in [6.07, 6.45) is 5.71. The monoisotopic (exact) mass is 287 g/mol. The molecule has 0 aliphatic carbocycles. The summed E-state index contributed by atoms with van der Waals surface area (Å²) in [5.74, 6) is 0.477. The molecule has 0 bridgehead atoms.